The molecular formula is C35H38F3NO6. The summed E-state index contributed by atoms with van der Waals surface area (Å²) in [6.45, 7) is 12.9. The SMILES string of the molecule is CCCN(CCC)Cc1c(OC(=O)c2ccc(OCC)cc2)ccc2c(=O)c(Oc3cc(C)cc(C)c3C)c(C(F)(F)F)oc12. The maximum atomic E-state index is 14.6. The Bertz CT molecular complexity index is 1720. The minimum atomic E-state index is -5.06. The summed E-state index contributed by atoms with van der Waals surface area (Å²) in [6.07, 6.45) is -3.51. The number of alkyl halides is 3. The normalized spacial score (nSPS) is 11.7. The molecule has 0 saturated carbocycles. The summed E-state index contributed by atoms with van der Waals surface area (Å²) < 4.78 is 66.1. The maximum Gasteiger partial charge on any atom is 0.453 e. The Hall–Kier alpha value is -4.31. The highest BCUT2D eigenvalue weighted by Gasteiger charge is 2.41. The number of carbonyl (C=O) groups is 1. The van der Waals surface area contributed by atoms with E-state index in [0.29, 0.717) is 31.0 Å². The van der Waals surface area contributed by atoms with Gasteiger partial charge in [0.1, 0.15) is 22.8 Å². The van der Waals surface area contributed by atoms with Crippen molar-refractivity contribution in [2.45, 2.75) is 67.1 Å². The highest BCUT2D eigenvalue weighted by molar-refractivity contribution is 5.92. The van der Waals surface area contributed by atoms with E-state index >= 15 is 0 Å². The largest absolute Gasteiger partial charge is 0.494 e. The molecule has 0 saturated heterocycles. The van der Waals surface area contributed by atoms with Gasteiger partial charge in [0.05, 0.1) is 23.1 Å². The van der Waals surface area contributed by atoms with Crippen LogP contribution in [0.4, 0.5) is 13.2 Å². The molecule has 7 nitrogen and oxygen atoms in total. The fourth-order valence-corrected chi connectivity index (χ4v) is 5.16. The number of aryl methyl sites for hydroxylation is 2. The number of esters is 1. The first-order valence-electron chi connectivity index (χ1n) is 15.0. The van der Waals surface area contributed by atoms with E-state index in [1.54, 1.807) is 32.0 Å². The van der Waals surface area contributed by atoms with E-state index in [1.165, 1.54) is 24.3 Å². The average molecular weight is 626 g/mol. The van der Waals surface area contributed by atoms with Crippen LogP contribution in [0.1, 0.15) is 72.0 Å². The molecule has 1 heterocycles. The van der Waals surface area contributed by atoms with Crippen LogP contribution in [0.3, 0.4) is 0 Å². The molecule has 4 rings (SSSR count). The molecule has 0 bridgehead atoms. The van der Waals surface area contributed by atoms with Crippen LogP contribution < -0.4 is 19.6 Å². The third kappa shape index (κ3) is 7.68. The molecule has 0 aliphatic rings. The quantitative estimate of drug-likeness (QED) is 0.115. The second kappa shape index (κ2) is 14.2. The van der Waals surface area contributed by atoms with Crippen molar-refractivity contribution in [3.63, 3.8) is 0 Å². The third-order valence-corrected chi connectivity index (χ3v) is 7.38. The molecule has 0 atom stereocenters. The Morgan fingerprint density at radius 3 is 2.18 bits per heavy atom. The lowest BCUT2D eigenvalue weighted by Crippen LogP contribution is -2.26. The third-order valence-electron chi connectivity index (χ3n) is 7.38. The monoisotopic (exact) mass is 625 g/mol. The number of fused-ring (bicyclic) bond motifs is 1. The maximum absolute atomic E-state index is 14.6. The topological polar surface area (TPSA) is 78.2 Å². The number of halogens is 3. The van der Waals surface area contributed by atoms with Crippen molar-refractivity contribution in [3.05, 3.63) is 92.3 Å². The van der Waals surface area contributed by atoms with Crippen LogP contribution in [-0.4, -0.2) is 30.6 Å². The first-order chi connectivity index (χ1) is 21.4. The van der Waals surface area contributed by atoms with Crippen LogP contribution in [-0.2, 0) is 12.7 Å². The minimum Gasteiger partial charge on any atom is -0.494 e. The van der Waals surface area contributed by atoms with Crippen LogP contribution >= 0.6 is 0 Å². The van der Waals surface area contributed by atoms with Gasteiger partial charge >= 0.3 is 12.1 Å². The number of carbonyl (C=O) groups excluding carboxylic acids is 1. The molecular weight excluding hydrogens is 587 g/mol. The van der Waals surface area contributed by atoms with Crippen LogP contribution in [0.15, 0.2) is 57.7 Å². The van der Waals surface area contributed by atoms with Gasteiger partial charge in [0, 0.05) is 6.54 Å². The van der Waals surface area contributed by atoms with E-state index in [2.05, 4.69) is 0 Å². The van der Waals surface area contributed by atoms with Gasteiger partial charge in [-0.15, -0.1) is 0 Å². The molecule has 4 aromatic rings. The number of nitrogens with zero attached hydrogens (tertiary/aromatic N) is 1. The van der Waals surface area contributed by atoms with E-state index in [1.807, 2.05) is 38.7 Å². The Morgan fingerprint density at radius 2 is 1.58 bits per heavy atom. The van der Waals surface area contributed by atoms with Crippen LogP contribution in [0.5, 0.6) is 23.0 Å². The summed E-state index contributed by atoms with van der Waals surface area (Å²) in [7, 11) is 0. The van der Waals surface area contributed by atoms with Crippen molar-refractivity contribution < 1.29 is 36.6 Å². The predicted molar refractivity (Wildman–Crippen MR) is 167 cm³/mol. The summed E-state index contributed by atoms with van der Waals surface area (Å²) >= 11 is 0. The lowest BCUT2D eigenvalue weighted by Gasteiger charge is -2.23. The Balaban J connectivity index is 1.90. The van der Waals surface area contributed by atoms with Crippen molar-refractivity contribution in [1.29, 1.82) is 0 Å². The second-order valence-corrected chi connectivity index (χ2v) is 10.9. The van der Waals surface area contributed by atoms with Gasteiger partial charge in [0.25, 0.3) is 5.76 Å². The number of hydrogen-bond donors (Lipinski definition) is 0. The molecule has 0 aliphatic carbocycles. The molecule has 0 unspecified atom stereocenters. The number of hydrogen-bond acceptors (Lipinski definition) is 7. The number of rotatable bonds is 12. The molecule has 0 fully saturated rings. The van der Waals surface area contributed by atoms with Crippen LogP contribution in [0.25, 0.3) is 11.0 Å². The van der Waals surface area contributed by atoms with Crippen molar-refractivity contribution >= 4 is 16.9 Å². The highest BCUT2D eigenvalue weighted by Crippen LogP contribution is 2.41. The first kappa shape index (κ1) is 33.6. The first-order valence-corrected chi connectivity index (χ1v) is 15.0. The van der Waals surface area contributed by atoms with Gasteiger partial charge in [-0.05, 0) is 113 Å². The molecule has 240 valence electrons. The summed E-state index contributed by atoms with van der Waals surface area (Å²) in [4.78, 5) is 29.0. The molecule has 0 spiro atoms. The van der Waals surface area contributed by atoms with E-state index in [0.717, 1.165) is 24.0 Å². The lowest BCUT2D eigenvalue weighted by atomic mass is 10.1. The highest BCUT2D eigenvalue weighted by atomic mass is 19.4. The zero-order valence-electron chi connectivity index (χ0n) is 26.4. The van der Waals surface area contributed by atoms with E-state index in [9.17, 15) is 22.8 Å². The van der Waals surface area contributed by atoms with E-state index in [-0.39, 0.29) is 40.1 Å². The van der Waals surface area contributed by atoms with Crippen molar-refractivity contribution in [2.75, 3.05) is 19.7 Å². The number of ether oxygens (including phenoxy) is 3. The fraction of sp³-hybridized carbons (Fsp3) is 0.371. The van der Waals surface area contributed by atoms with Gasteiger partial charge < -0.3 is 18.6 Å². The molecule has 0 N–H and O–H groups in total. The van der Waals surface area contributed by atoms with Crippen LogP contribution in [0.2, 0.25) is 0 Å². The van der Waals surface area contributed by atoms with Gasteiger partial charge in [0.15, 0.2) is 0 Å². The van der Waals surface area contributed by atoms with Gasteiger partial charge in [-0.3, -0.25) is 9.69 Å². The van der Waals surface area contributed by atoms with E-state index in [4.69, 9.17) is 18.6 Å². The summed E-state index contributed by atoms with van der Waals surface area (Å²) in [5.41, 5.74) is 1.24. The van der Waals surface area contributed by atoms with Gasteiger partial charge in [-0.2, -0.15) is 13.2 Å². The average Bonchev–Trinajstić information content (AvgIpc) is 2.98. The van der Waals surface area contributed by atoms with Crippen LogP contribution in [0, 0.1) is 20.8 Å². The summed E-state index contributed by atoms with van der Waals surface area (Å²) in [5.74, 6) is -2.54. The Morgan fingerprint density at radius 1 is 0.911 bits per heavy atom. The van der Waals surface area contributed by atoms with E-state index < -0.39 is 29.1 Å². The summed E-state index contributed by atoms with van der Waals surface area (Å²) in [6, 6.07) is 12.5. The van der Waals surface area contributed by atoms with Crippen molar-refractivity contribution in [3.8, 4) is 23.0 Å². The Kier molecular flexibility index (Phi) is 10.6. The molecule has 3 aromatic carbocycles. The molecule has 0 radical (unpaired) electrons. The smallest absolute Gasteiger partial charge is 0.453 e. The molecule has 0 aliphatic heterocycles. The molecule has 10 heteroatoms. The standard InChI is InChI=1S/C35H38F3NO6/c1-7-16-39(17-8-2)20-27-28(44-34(41)24-10-12-25(13-11-24)42-9-3)15-14-26-30(40)32(33(35(36,37)38)45-31(26)27)43-29-19-21(4)18-22(5)23(29)6/h10-15,18-19H,7-9,16-17,20H2,1-6H3. The van der Waals surface area contributed by atoms with Gasteiger partial charge in [-0.25, -0.2) is 4.79 Å². The van der Waals surface area contributed by atoms with Crippen molar-refractivity contribution in [2.24, 2.45) is 0 Å². The fourth-order valence-electron chi connectivity index (χ4n) is 5.16. The van der Waals surface area contributed by atoms with Gasteiger partial charge in [-0.1, -0.05) is 19.9 Å². The molecule has 1 aromatic heterocycles. The number of benzene rings is 3. The second-order valence-electron chi connectivity index (χ2n) is 10.9. The molecule has 0 amide bonds. The zero-order valence-corrected chi connectivity index (χ0v) is 26.4. The zero-order chi connectivity index (χ0) is 32.9. The van der Waals surface area contributed by atoms with Gasteiger partial charge in [0.2, 0.25) is 11.2 Å². The van der Waals surface area contributed by atoms with Crippen molar-refractivity contribution in [1.82, 2.24) is 4.90 Å². The lowest BCUT2D eigenvalue weighted by molar-refractivity contribution is -0.154. The Labute approximate surface area is 260 Å². The minimum absolute atomic E-state index is 0.00585. The predicted octanol–water partition coefficient (Wildman–Crippen LogP) is 8.77. The summed E-state index contributed by atoms with van der Waals surface area (Å²) in [5, 5.41) is -0.121. The molecule has 45 heavy (non-hydrogen) atoms.